The summed E-state index contributed by atoms with van der Waals surface area (Å²) in [5.41, 5.74) is 1.03. The minimum Gasteiger partial charge on any atom is -0.481 e. The van der Waals surface area contributed by atoms with Gasteiger partial charge in [0.15, 0.2) is 0 Å². The Labute approximate surface area is 133 Å². The summed E-state index contributed by atoms with van der Waals surface area (Å²) in [7, 11) is 1.65. The largest absolute Gasteiger partial charge is 0.481 e. The van der Waals surface area contributed by atoms with Gasteiger partial charge in [-0.2, -0.15) is 0 Å². The molecule has 5 nitrogen and oxygen atoms in total. The van der Waals surface area contributed by atoms with Gasteiger partial charge in [0.2, 0.25) is 5.91 Å². The highest BCUT2D eigenvalue weighted by Gasteiger charge is 2.10. The minimum atomic E-state index is -0.879. The number of carboxylic acid groups (broad SMARTS) is 1. The normalized spacial score (nSPS) is 10.8. The smallest absolute Gasteiger partial charge is 0.305 e. The second-order valence-electron chi connectivity index (χ2n) is 5.24. The first-order valence-electron chi connectivity index (χ1n) is 7.36. The first kappa shape index (κ1) is 16.4. The van der Waals surface area contributed by atoms with Gasteiger partial charge in [-0.05, 0) is 31.4 Å². The Morgan fingerprint density at radius 2 is 2.00 bits per heavy atom. The fourth-order valence-electron chi connectivity index (χ4n) is 2.16. The quantitative estimate of drug-likeness (QED) is 0.759. The van der Waals surface area contributed by atoms with Crippen LogP contribution in [0.15, 0.2) is 24.3 Å². The number of carbonyl (C=O) groups excluding carboxylic acids is 1. The molecule has 6 heteroatoms. The minimum absolute atomic E-state index is 0.00514. The predicted octanol–water partition coefficient (Wildman–Crippen LogP) is 2.94. The number of carboxylic acids is 1. The number of fused-ring (bicyclic) bond motifs is 1. The average molecular weight is 320 g/mol. The monoisotopic (exact) mass is 320 g/mol. The van der Waals surface area contributed by atoms with Gasteiger partial charge in [0.1, 0.15) is 0 Å². The van der Waals surface area contributed by atoms with Gasteiger partial charge in [0.05, 0.1) is 21.6 Å². The van der Waals surface area contributed by atoms with Crippen LogP contribution >= 0.6 is 11.3 Å². The summed E-state index contributed by atoms with van der Waals surface area (Å²) in [6, 6.07) is 8.07. The Kier molecular flexibility index (Phi) is 5.89. The lowest BCUT2D eigenvalue weighted by Crippen LogP contribution is -2.28. The lowest BCUT2D eigenvalue weighted by atomic mass is 10.2. The number of unbranched alkanes of at least 4 members (excludes halogenated alkanes) is 1. The van der Waals surface area contributed by atoms with E-state index in [4.69, 9.17) is 5.11 Å². The molecule has 22 heavy (non-hydrogen) atoms. The molecule has 0 unspecified atom stereocenters. The van der Waals surface area contributed by atoms with E-state index < -0.39 is 5.97 Å². The van der Waals surface area contributed by atoms with Crippen molar-refractivity contribution in [3.05, 3.63) is 29.3 Å². The Balaban J connectivity index is 1.70. The van der Waals surface area contributed by atoms with Crippen molar-refractivity contribution in [2.24, 2.45) is 0 Å². The Morgan fingerprint density at radius 1 is 1.23 bits per heavy atom. The Bertz CT molecular complexity index is 621. The van der Waals surface area contributed by atoms with Crippen molar-refractivity contribution in [3.63, 3.8) is 0 Å². The first-order valence-corrected chi connectivity index (χ1v) is 8.18. The number of carbonyl (C=O) groups is 2. The number of aryl methyl sites for hydroxylation is 1. The van der Waals surface area contributed by atoms with Gasteiger partial charge < -0.3 is 10.0 Å². The maximum atomic E-state index is 11.8. The number of aliphatic carboxylic acids is 1. The molecular weight excluding hydrogens is 300 g/mol. The zero-order chi connectivity index (χ0) is 15.9. The van der Waals surface area contributed by atoms with E-state index >= 15 is 0 Å². The number of hydrogen-bond donors (Lipinski definition) is 1. The molecule has 1 heterocycles. The molecule has 0 spiro atoms. The second kappa shape index (κ2) is 7.89. The zero-order valence-corrected chi connectivity index (χ0v) is 13.4. The molecule has 2 aromatic rings. The highest BCUT2D eigenvalue weighted by Crippen LogP contribution is 2.22. The van der Waals surface area contributed by atoms with Crippen molar-refractivity contribution in [3.8, 4) is 0 Å². The van der Waals surface area contributed by atoms with Crippen molar-refractivity contribution in [2.75, 3.05) is 13.6 Å². The van der Waals surface area contributed by atoms with E-state index in [1.807, 2.05) is 18.2 Å². The molecule has 0 saturated heterocycles. The molecular formula is C16H20N2O3S. The fourth-order valence-corrected chi connectivity index (χ4v) is 3.17. The van der Waals surface area contributed by atoms with Crippen LogP contribution < -0.4 is 0 Å². The molecule has 0 fully saturated rings. The second-order valence-corrected chi connectivity index (χ2v) is 6.36. The third-order valence-corrected chi connectivity index (χ3v) is 4.55. The fraction of sp³-hybridized carbons (Fsp3) is 0.438. The van der Waals surface area contributed by atoms with Crippen LogP contribution in [0.3, 0.4) is 0 Å². The van der Waals surface area contributed by atoms with Crippen LogP contribution in [0.2, 0.25) is 0 Å². The topological polar surface area (TPSA) is 70.5 Å². The van der Waals surface area contributed by atoms with E-state index in [0.29, 0.717) is 6.42 Å². The highest BCUT2D eigenvalue weighted by atomic mass is 32.1. The molecule has 0 bridgehead atoms. The van der Waals surface area contributed by atoms with Crippen molar-refractivity contribution in [1.29, 1.82) is 0 Å². The van der Waals surface area contributed by atoms with Crippen LogP contribution in [0, 0.1) is 0 Å². The van der Waals surface area contributed by atoms with Gasteiger partial charge in [0, 0.05) is 20.0 Å². The molecule has 1 amide bonds. The van der Waals surface area contributed by atoms with Crippen LogP contribution in [0.1, 0.15) is 30.7 Å². The molecule has 118 valence electrons. The van der Waals surface area contributed by atoms with Crippen LogP contribution in [-0.2, 0) is 16.0 Å². The van der Waals surface area contributed by atoms with Crippen LogP contribution in [-0.4, -0.2) is 40.5 Å². The molecule has 0 saturated carbocycles. The standard InChI is InChI=1S/C16H20N2O3S/c1-18(11-10-16(20)21)15(19)9-5-4-8-14-17-12-6-2-3-7-13(12)22-14/h2-3,6-7H,4-5,8-11H2,1H3,(H,20,21). The summed E-state index contributed by atoms with van der Waals surface area (Å²) in [6.45, 7) is 0.270. The van der Waals surface area contributed by atoms with Crippen molar-refractivity contribution in [1.82, 2.24) is 9.88 Å². The summed E-state index contributed by atoms with van der Waals surface area (Å²) in [6.07, 6.45) is 3.05. The van der Waals surface area contributed by atoms with E-state index in [1.165, 1.54) is 9.60 Å². The summed E-state index contributed by atoms with van der Waals surface area (Å²) in [5, 5.41) is 9.71. The molecule has 1 N–H and O–H groups in total. The van der Waals surface area contributed by atoms with Crippen molar-refractivity contribution < 1.29 is 14.7 Å². The van der Waals surface area contributed by atoms with Gasteiger partial charge in [-0.25, -0.2) is 4.98 Å². The third-order valence-electron chi connectivity index (χ3n) is 3.46. The summed E-state index contributed by atoms with van der Waals surface area (Å²) in [5.74, 6) is -0.874. The molecule has 0 aliphatic carbocycles. The van der Waals surface area contributed by atoms with E-state index in [0.717, 1.165) is 29.8 Å². The maximum Gasteiger partial charge on any atom is 0.305 e. The van der Waals surface area contributed by atoms with E-state index in [1.54, 1.807) is 18.4 Å². The molecule has 1 aromatic carbocycles. The summed E-state index contributed by atoms with van der Waals surface area (Å²) in [4.78, 5) is 28.4. The van der Waals surface area contributed by atoms with Crippen molar-refractivity contribution in [2.45, 2.75) is 32.1 Å². The number of hydrogen-bond acceptors (Lipinski definition) is 4. The molecule has 1 aromatic heterocycles. The molecule has 0 atom stereocenters. The van der Waals surface area contributed by atoms with E-state index in [2.05, 4.69) is 11.1 Å². The molecule has 2 rings (SSSR count). The van der Waals surface area contributed by atoms with Gasteiger partial charge in [-0.15, -0.1) is 11.3 Å². The Morgan fingerprint density at radius 3 is 2.73 bits per heavy atom. The van der Waals surface area contributed by atoms with Crippen molar-refractivity contribution >= 4 is 33.4 Å². The predicted molar refractivity (Wildman–Crippen MR) is 87.1 cm³/mol. The molecule has 0 aliphatic rings. The van der Waals surface area contributed by atoms with E-state index in [9.17, 15) is 9.59 Å². The maximum absolute atomic E-state index is 11.8. The highest BCUT2D eigenvalue weighted by molar-refractivity contribution is 7.18. The zero-order valence-electron chi connectivity index (χ0n) is 12.6. The SMILES string of the molecule is CN(CCC(=O)O)C(=O)CCCCc1nc2ccccc2s1. The number of nitrogens with zero attached hydrogens (tertiary/aromatic N) is 2. The number of aromatic nitrogens is 1. The number of para-hydroxylation sites is 1. The average Bonchev–Trinajstić information content (AvgIpc) is 2.91. The van der Waals surface area contributed by atoms with Crippen LogP contribution in [0.25, 0.3) is 10.2 Å². The number of thiazole rings is 1. The van der Waals surface area contributed by atoms with Gasteiger partial charge in [0.25, 0.3) is 0 Å². The van der Waals surface area contributed by atoms with Crippen LogP contribution in [0.5, 0.6) is 0 Å². The number of amides is 1. The van der Waals surface area contributed by atoms with E-state index in [-0.39, 0.29) is 18.9 Å². The molecule has 0 radical (unpaired) electrons. The molecule has 0 aliphatic heterocycles. The number of rotatable bonds is 8. The first-order chi connectivity index (χ1) is 10.6. The van der Waals surface area contributed by atoms with Gasteiger partial charge in [-0.1, -0.05) is 12.1 Å². The number of benzene rings is 1. The third kappa shape index (κ3) is 4.80. The Hall–Kier alpha value is -1.95. The summed E-state index contributed by atoms with van der Waals surface area (Å²) >= 11 is 1.70. The van der Waals surface area contributed by atoms with Crippen LogP contribution in [0.4, 0.5) is 0 Å². The van der Waals surface area contributed by atoms with Gasteiger partial charge in [-0.3, -0.25) is 9.59 Å². The lowest BCUT2D eigenvalue weighted by molar-refractivity contribution is -0.138. The van der Waals surface area contributed by atoms with Gasteiger partial charge >= 0.3 is 5.97 Å². The summed E-state index contributed by atoms with van der Waals surface area (Å²) < 4.78 is 1.20. The lowest BCUT2D eigenvalue weighted by Gasteiger charge is -2.15.